The lowest BCUT2D eigenvalue weighted by atomic mass is 10.0. The first-order chi connectivity index (χ1) is 9.35. The maximum Gasteiger partial charge on any atom is 0.223 e. The number of carbonyl (C=O) groups is 1. The third-order valence-corrected chi connectivity index (χ3v) is 4.13. The Bertz CT molecular complexity index is 481. The Balaban J connectivity index is 1.94. The van der Waals surface area contributed by atoms with Crippen molar-refractivity contribution >= 4 is 5.91 Å². The lowest BCUT2D eigenvalue weighted by molar-refractivity contribution is -0.124. The van der Waals surface area contributed by atoms with E-state index >= 15 is 0 Å². The summed E-state index contributed by atoms with van der Waals surface area (Å²) < 4.78 is 5.09. The molecule has 1 aromatic carbocycles. The highest BCUT2D eigenvalue weighted by Gasteiger charge is 2.50. The van der Waals surface area contributed by atoms with Crippen LogP contribution in [0.15, 0.2) is 24.3 Å². The van der Waals surface area contributed by atoms with Gasteiger partial charge in [-0.1, -0.05) is 26.0 Å². The molecule has 0 saturated heterocycles. The summed E-state index contributed by atoms with van der Waals surface area (Å²) in [6.45, 7) is 5.99. The van der Waals surface area contributed by atoms with E-state index in [1.54, 1.807) is 19.2 Å². The second kappa shape index (κ2) is 5.44. The summed E-state index contributed by atoms with van der Waals surface area (Å²) in [5.74, 6) is 0.862. The first-order valence-corrected chi connectivity index (χ1v) is 6.97. The standard InChI is InChI=1S/C16H23NO3/c1-10(17-15(19)13-9-16(13,2)3)14(18)11-5-7-12(20-4)8-6-11/h5-8,10,13-14,18H,9H2,1-4H3,(H,17,19)/t10?,13-,14?/m1/s1. The minimum atomic E-state index is -0.716. The van der Waals surface area contributed by atoms with Gasteiger partial charge in [0, 0.05) is 5.92 Å². The quantitative estimate of drug-likeness (QED) is 0.868. The molecule has 2 unspecified atom stereocenters. The van der Waals surface area contributed by atoms with Crippen LogP contribution in [-0.4, -0.2) is 24.2 Å². The van der Waals surface area contributed by atoms with Crippen LogP contribution in [0.1, 0.15) is 38.9 Å². The topological polar surface area (TPSA) is 58.6 Å². The van der Waals surface area contributed by atoms with Crippen LogP contribution in [0.3, 0.4) is 0 Å². The molecule has 0 aliphatic heterocycles. The molecule has 1 amide bonds. The highest BCUT2D eigenvalue weighted by atomic mass is 16.5. The minimum Gasteiger partial charge on any atom is -0.497 e. The zero-order chi connectivity index (χ0) is 14.9. The van der Waals surface area contributed by atoms with Gasteiger partial charge in [0.15, 0.2) is 0 Å². The molecule has 0 spiro atoms. The Morgan fingerprint density at radius 1 is 1.40 bits per heavy atom. The number of rotatable bonds is 5. The van der Waals surface area contributed by atoms with E-state index in [-0.39, 0.29) is 23.3 Å². The van der Waals surface area contributed by atoms with Crippen molar-refractivity contribution < 1.29 is 14.6 Å². The van der Waals surface area contributed by atoms with E-state index in [4.69, 9.17) is 4.74 Å². The van der Waals surface area contributed by atoms with Gasteiger partial charge in [0.05, 0.1) is 19.3 Å². The molecular formula is C16H23NO3. The fraction of sp³-hybridized carbons (Fsp3) is 0.562. The molecule has 1 aliphatic rings. The molecule has 1 saturated carbocycles. The number of benzene rings is 1. The van der Waals surface area contributed by atoms with Crippen LogP contribution in [0.2, 0.25) is 0 Å². The van der Waals surface area contributed by atoms with E-state index in [0.29, 0.717) is 0 Å². The predicted octanol–water partition coefficient (Wildman–Crippen LogP) is 2.28. The summed E-state index contributed by atoms with van der Waals surface area (Å²) in [6, 6.07) is 6.92. The molecule has 3 atom stereocenters. The number of methoxy groups -OCH3 is 1. The van der Waals surface area contributed by atoms with Gasteiger partial charge in [-0.25, -0.2) is 0 Å². The number of hydrogen-bond donors (Lipinski definition) is 2. The van der Waals surface area contributed by atoms with Crippen LogP contribution in [0.4, 0.5) is 0 Å². The molecule has 2 rings (SSSR count). The number of nitrogens with one attached hydrogen (secondary N) is 1. The smallest absolute Gasteiger partial charge is 0.223 e. The maximum absolute atomic E-state index is 12.0. The van der Waals surface area contributed by atoms with Crippen molar-refractivity contribution in [1.29, 1.82) is 0 Å². The molecule has 0 bridgehead atoms. The second-order valence-corrected chi connectivity index (χ2v) is 6.26. The van der Waals surface area contributed by atoms with Gasteiger partial charge in [-0.05, 0) is 36.5 Å². The fourth-order valence-corrected chi connectivity index (χ4v) is 2.41. The predicted molar refractivity (Wildman–Crippen MR) is 77.4 cm³/mol. The van der Waals surface area contributed by atoms with Crippen molar-refractivity contribution in [1.82, 2.24) is 5.32 Å². The van der Waals surface area contributed by atoms with E-state index in [0.717, 1.165) is 17.7 Å². The van der Waals surface area contributed by atoms with Crippen LogP contribution >= 0.6 is 0 Å². The Morgan fingerprint density at radius 2 is 1.95 bits per heavy atom. The van der Waals surface area contributed by atoms with Crippen LogP contribution in [-0.2, 0) is 4.79 Å². The molecule has 1 aliphatic carbocycles. The van der Waals surface area contributed by atoms with Crippen molar-refractivity contribution in [2.45, 2.75) is 39.3 Å². The molecule has 0 aromatic heterocycles. The normalized spacial score (nSPS) is 22.8. The van der Waals surface area contributed by atoms with Gasteiger partial charge in [-0.15, -0.1) is 0 Å². The van der Waals surface area contributed by atoms with Gasteiger partial charge in [0.2, 0.25) is 5.91 Å². The SMILES string of the molecule is COc1ccc(C(O)C(C)NC(=O)[C@H]2CC2(C)C)cc1. The Hall–Kier alpha value is -1.55. The third-order valence-electron chi connectivity index (χ3n) is 4.13. The van der Waals surface area contributed by atoms with Crippen molar-refractivity contribution in [2.75, 3.05) is 7.11 Å². The van der Waals surface area contributed by atoms with Crippen LogP contribution in [0.5, 0.6) is 5.75 Å². The molecule has 0 radical (unpaired) electrons. The maximum atomic E-state index is 12.0. The molecule has 0 heterocycles. The molecule has 20 heavy (non-hydrogen) atoms. The molecule has 4 heteroatoms. The molecule has 1 aromatic rings. The Labute approximate surface area is 120 Å². The van der Waals surface area contributed by atoms with Crippen LogP contribution in [0, 0.1) is 11.3 Å². The monoisotopic (exact) mass is 277 g/mol. The summed E-state index contributed by atoms with van der Waals surface area (Å²) >= 11 is 0. The van der Waals surface area contributed by atoms with E-state index in [1.165, 1.54) is 0 Å². The highest BCUT2D eigenvalue weighted by molar-refractivity contribution is 5.82. The summed E-state index contributed by atoms with van der Waals surface area (Å²) in [7, 11) is 1.60. The van der Waals surface area contributed by atoms with Gasteiger partial charge >= 0.3 is 0 Å². The summed E-state index contributed by atoms with van der Waals surface area (Å²) in [5.41, 5.74) is 0.878. The molecule has 1 fully saturated rings. The van der Waals surface area contributed by atoms with Crippen LogP contribution in [0.25, 0.3) is 0 Å². The molecule has 4 nitrogen and oxygen atoms in total. The minimum absolute atomic E-state index is 0.0371. The first kappa shape index (κ1) is 14.9. The fourth-order valence-electron chi connectivity index (χ4n) is 2.41. The van der Waals surface area contributed by atoms with Crippen molar-refractivity contribution in [2.24, 2.45) is 11.3 Å². The highest BCUT2D eigenvalue weighted by Crippen LogP contribution is 2.51. The zero-order valence-corrected chi connectivity index (χ0v) is 12.5. The van der Waals surface area contributed by atoms with Gasteiger partial charge in [-0.3, -0.25) is 4.79 Å². The van der Waals surface area contributed by atoms with Gasteiger partial charge in [-0.2, -0.15) is 0 Å². The zero-order valence-electron chi connectivity index (χ0n) is 12.5. The van der Waals surface area contributed by atoms with Gasteiger partial charge < -0.3 is 15.2 Å². The van der Waals surface area contributed by atoms with Crippen molar-refractivity contribution in [3.05, 3.63) is 29.8 Å². The largest absolute Gasteiger partial charge is 0.497 e. The number of amides is 1. The van der Waals surface area contributed by atoms with E-state index < -0.39 is 6.10 Å². The average Bonchev–Trinajstić information content (AvgIpc) is 3.07. The number of aliphatic hydroxyl groups excluding tert-OH is 1. The Kier molecular flexibility index (Phi) is 4.04. The molecule has 2 N–H and O–H groups in total. The average molecular weight is 277 g/mol. The lowest BCUT2D eigenvalue weighted by Gasteiger charge is -2.21. The van der Waals surface area contributed by atoms with E-state index in [2.05, 4.69) is 19.2 Å². The van der Waals surface area contributed by atoms with E-state index in [1.807, 2.05) is 19.1 Å². The van der Waals surface area contributed by atoms with E-state index in [9.17, 15) is 9.90 Å². The summed E-state index contributed by atoms with van der Waals surface area (Å²) in [5, 5.41) is 13.2. The van der Waals surface area contributed by atoms with Gasteiger partial charge in [0.1, 0.15) is 5.75 Å². The van der Waals surface area contributed by atoms with Crippen molar-refractivity contribution in [3.8, 4) is 5.75 Å². The molecule has 110 valence electrons. The number of carbonyl (C=O) groups excluding carboxylic acids is 1. The van der Waals surface area contributed by atoms with Crippen molar-refractivity contribution in [3.63, 3.8) is 0 Å². The first-order valence-electron chi connectivity index (χ1n) is 6.97. The third kappa shape index (κ3) is 3.12. The molecular weight excluding hydrogens is 254 g/mol. The van der Waals surface area contributed by atoms with Gasteiger partial charge in [0.25, 0.3) is 0 Å². The summed E-state index contributed by atoms with van der Waals surface area (Å²) in [4.78, 5) is 12.0. The summed E-state index contributed by atoms with van der Waals surface area (Å²) in [6.07, 6.45) is 0.205. The number of ether oxygens (including phenoxy) is 1. The van der Waals surface area contributed by atoms with Crippen LogP contribution < -0.4 is 10.1 Å². The lowest BCUT2D eigenvalue weighted by Crippen LogP contribution is -2.38. The second-order valence-electron chi connectivity index (χ2n) is 6.26. The Morgan fingerprint density at radius 3 is 2.40 bits per heavy atom. The number of aliphatic hydroxyl groups is 1. The number of hydrogen-bond acceptors (Lipinski definition) is 3.